The highest BCUT2D eigenvalue weighted by molar-refractivity contribution is 6.23. The molecule has 3 heterocycles. The highest BCUT2D eigenvalue weighted by Gasteiger charge is 2.38. The van der Waals surface area contributed by atoms with Crippen LogP contribution in [0.2, 0.25) is 0 Å². The van der Waals surface area contributed by atoms with Crippen LogP contribution in [-0.2, 0) is 5.41 Å². The lowest BCUT2D eigenvalue weighted by atomic mass is 9.81. The number of rotatable bonds is 3. The number of nitrogens with zero attached hydrogens (tertiary/aromatic N) is 3. The van der Waals surface area contributed by atoms with Gasteiger partial charge in [0.25, 0.3) is 0 Å². The zero-order chi connectivity index (χ0) is 35.7. The van der Waals surface area contributed by atoms with Crippen molar-refractivity contribution in [3.8, 4) is 28.2 Å². The van der Waals surface area contributed by atoms with Gasteiger partial charge in [0.1, 0.15) is 0 Å². The van der Waals surface area contributed by atoms with E-state index in [0.29, 0.717) is 0 Å². The summed E-state index contributed by atoms with van der Waals surface area (Å²) in [7, 11) is 0. The second-order valence-corrected chi connectivity index (χ2v) is 15.4. The Bertz CT molecular complexity index is 3170. The predicted molar refractivity (Wildman–Crippen MR) is 227 cm³/mol. The summed E-state index contributed by atoms with van der Waals surface area (Å²) in [6.45, 7) is 4.79. The Hall–Kier alpha value is -6.84. The molecule has 0 saturated heterocycles. The van der Waals surface area contributed by atoms with Gasteiger partial charge in [-0.3, -0.25) is 0 Å². The fraction of sp³-hybridized carbons (Fsp3) is 0.0588. The Kier molecular flexibility index (Phi) is 5.84. The maximum Gasteiger partial charge on any atom is 0.0548 e. The first kappa shape index (κ1) is 29.7. The van der Waals surface area contributed by atoms with Crippen molar-refractivity contribution in [2.24, 2.45) is 0 Å². The number of para-hydroxylation sites is 4. The number of hydrogen-bond acceptors (Lipinski definition) is 0. The van der Waals surface area contributed by atoms with Gasteiger partial charge < -0.3 is 13.7 Å². The molecule has 0 atom stereocenters. The van der Waals surface area contributed by atoms with E-state index < -0.39 is 0 Å². The first-order chi connectivity index (χ1) is 26.6. The molecule has 8 aromatic carbocycles. The Labute approximate surface area is 312 Å². The van der Waals surface area contributed by atoms with Crippen LogP contribution in [0, 0.1) is 0 Å². The highest BCUT2D eigenvalue weighted by Crippen LogP contribution is 2.52. The van der Waals surface area contributed by atoms with E-state index in [-0.39, 0.29) is 5.41 Å². The maximum absolute atomic E-state index is 2.58. The Morgan fingerprint density at radius 2 is 0.759 bits per heavy atom. The summed E-state index contributed by atoms with van der Waals surface area (Å²) in [5.41, 5.74) is 16.1. The summed E-state index contributed by atoms with van der Waals surface area (Å²) in [6.07, 6.45) is 0. The molecule has 54 heavy (non-hydrogen) atoms. The van der Waals surface area contributed by atoms with Crippen molar-refractivity contribution in [3.63, 3.8) is 0 Å². The van der Waals surface area contributed by atoms with Gasteiger partial charge in [-0.15, -0.1) is 0 Å². The minimum Gasteiger partial charge on any atom is -0.309 e. The first-order valence-corrected chi connectivity index (χ1v) is 18.9. The first-order valence-electron chi connectivity index (χ1n) is 18.9. The topological polar surface area (TPSA) is 14.8 Å². The third-order valence-electron chi connectivity index (χ3n) is 12.2. The molecule has 0 bridgehead atoms. The van der Waals surface area contributed by atoms with Crippen LogP contribution in [0.5, 0.6) is 0 Å². The maximum atomic E-state index is 2.58. The average Bonchev–Trinajstić information content (AvgIpc) is 3.90. The summed E-state index contributed by atoms with van der Waals surface area (Å²) in [5.74, 6) is 0. The average molecular weight is 690 g/mol. The van der Waals surface area contributed by atoms with Crippen LogP contribution in [0.15, 0.2) is 176 Å². The summed E-state index contributed by atoms with van der Waals surface area (Å²) < 4.78 is 7.46. The monoisotopic (exact) mass is 689 g/mol. The van der Waals surface area contributed by atoms with Gasteiger partial charge in [0.2, 0.25) is 0 Å². The molecule has 3 aromatic heterocycles. The van der Waals surface area contributed by atoms with Crippen molar-refractivity contribution < 1.29 is 0 Å². The summed E-state index contributed by atoms with van der Waals surface area (Å²) in [4.78, 5) is 0. The van der Waals surface area contributed by atoms with Gasteiger partial charge in [-0.1, -0.05) is 123 Å². The molecular weight excluding hydrogens is 655 g/mol. The Morgan fingerprint density at radius 3 is 1.31 bits per heavy atom. The largest absolute Gasteiger partial charge is 0.309 e. The van der Waals surface area contributed by atoms with E-state index in [0.717, 1.165) is 0 Å². The summed E-state index contributed by atoms with van der Waals surface area (Å²) in [6, 6.07) is 65.0. The van der Waals surface area contributed by atoms with Gasteiger partial charge >= 0.3 is 0 Å². The van der Waals surface area contributed by atoms with E-state index in [9.17, 15) is 0 Å². The van der Waals surface area contributed by atoms with E-state index in [1.54, 1.807) is 0 Å². The van der Waals surface area contributed by atoms with Crippen LogP contribution < -0.4 is 0 Å². The minimum atomic E-state index is -0.174. The zero-order valence-electron chi connectivity index (χ0n) is 30.1. The molecule has 0 radical (unpaired) electrons. The molecule has 3 nitrogen and oxygen atoms in total. The third kappa shape index (κ3) is 3.80. The van der Waals surface area contributed by atoms with Gasteiger partial charge in [0.15, 0.2) is 0 Å². The molecule has 0 fully saturated rings. The van der Waals surface area contributed by atoms with Crippen molar-refractivity contribution >= 4 is 65.4 Å². The number of aromatic nitrogens is 3. The number of benzene rings is 8. The van der Waals surface area contributed by atoms with Crippen molar-refractivity contribution in [2.75, 3.05) is 0 Å². The van der Waals surface area contributed by atoms with Crippen molar-refractivity contribution in [2.45, 2.75) is 19.3 Å². The molecule has 1 aliphatic carbocycles. The van der Waals surface area contributed by atoms with E-state index >= 15 is 0 Å². The van der Waals surface area contributed by atoms with Crippen LogP contribution >= 0.6 is 0 Å². The Morgan fingerprint density at radius 1 is 0.333 bits per heavy atom. The molecule has 12 rings (SSSR count). The van der Waals surface area contributed by atoms with Crippen LogP contribution in [-0.4, -0.2) is 13.7 Å². The van der Waals surface area contributed by atoms with Crippen molar-refractivity contribution in [1.82, 2.24) is 13.7 Å². The molecule has 254 valence electrons. The van der Waals surface area contributed by atoms with Crippen LogP contribution in [0.1, 0.15) is 25.0 Å². The van der Waals surface area contributed by atoms with Gasteiger partial charge in [-0.05, 0) is 89.0 Å². The third-order valence-corrected chi connectivity index (χ3v) is 12.2. The normalized spacial score (nSPS) is 13.5. The SMILES string of the molecule is CC1(C)c2ccccc2-c2cccc(-n3c4cc5c6ccccc6n(-c6ccccc6)c5cc4c4cc5c(cc43)c3ccccc3n5-c3ccccc3)c21. The van der Waals surface area contributed by atoms with Gasteiger partial charge in [-0.25, -0.2) is 0 Å². The van der Waals surface area contributed by atoms with E-state index in [2.05, 4.69) is 203 Å². The lowest BCUT2D eigenvalue weighted by molar-refractivity contribution is 0.656. The molecule has 3 heteroatoms. The van der Waals surface area contributed by atoms with Crippen molar-refractivity contribution in [1.29, 1.82) is 0 Å². The molecule has 0 unspecified atom stereocenters. The zero-order valence-corrected chi connectivity index (χ0v) is 30.1. The van der Waals surface area contributed by atoms with E-state index in [1.807, 2.05) is 0 Å². The molecule has 0 N–H and O–H groups in total. The quantitative estimate of drug-likeness (QED) is 0.175. The fourth-order valence-electron chi connectivity index (χ4n) is 9.91. The molecule has 0 spiro atoms. The second kappa shape index (κ2) is 10.6. The predicted octanol–water partition coefficient (Wildman–Crippen LogP) is 13.3. The lowest BCUT2D eigenvalue weighted by Gasteiger charge is -2.25. The van der Waals surface area contributed by atoms with Crippen LogP contribution in [0.3, 0.4) is 0 Å². The molecule has 0 amide bonds. The molecule has 0 saturated carbocycles. The molecule has 0 aliphatic heterocycles. The van der Waals surface area contributed by atoms with Crippen LogP contribution in [0.25, 0.3) is 93.6 Å². The Balaban J connectivity index is 1.29. The number of hydrogen-bond donors (Lipinski definition) is 0. The molecule has 11 aromatic rings. The molecule has 1 aliphatic rings. The second-order valence-electron chi connectivity index (χ2n) is 15.4. The van der Waals surface area contributed by atoms with Crippen molar-refractivity contribution in [3.05, 3.63) is 187 Å². The lowest BCUT2D eigenvalue weighted by Crippen LogP contribution is -2.18. The standard InChI is InChI=1S/C51H35N3/c1-51(2)42-24-12-9-20-34(42)37-23-15-27-45(50(37)51)54-48-28-38-35-21-10-13-25-43(35)52(32-16-5-3-6-17-32)46(38)30-40(48)41-31-47-39(29-49(41)54)36-22-11-14-26-44(36)53(47)33-18-7-4-8-19-33/h3-31H,1-2H3. The molecular formula is C51H35N3. The van der Waals surface area contributed by atoms with Gasteiger partial charge in [-0.2, -0.15) is 0 Å². The fourth-order valence-corrected chi connectivity index (χ4v) is 9.91. The van der Waals surface area contributed by atoms with Gasteiger partial charge in [0, 0.05) is 49.1 Å². The number of fused-ring (bicyclic) bond motifs is 12. The van der Waals surface area contributed by atoms with E-state index in [1.165, 1.54) is 105 Å². The highest BCUT2D eigenvalue weighted by atomic mass is 15.0. The van der Waals surface area contributed by atoms with E-state index in [4.69, 9.17) is 0 Å². The summed E-state index contributed by atoms with van der Waals surface area (Å²) >= 11 is 0. The van der Waals surface area contributed by atoms with Gasteiger partial charge in [0.05, 0.1) is 38.8 Å². The van der Waals surface area contributed by atoms with Crippen LogP contribution in [0.4, 0.5) is 0 Å². The minimum absolute atomic E-state index is 0.174. The summed E-state index contributed by atoms with van der Waals surface area (Å²) in [5, 5.41) is 7.51. The smallest absolute Gasteiger partial charge is 0.0548 e.